The van der Waals surface area contributed by atoms with Crippen LogP contribution in [0.5, 0.6) is 0 Å². The Morgan fingerprint density at radius 3 is 2.63 bits per heavy atom. The summed E-state index contributed by atoms with van der Waals surface area (Å²) in [5.74, 6) is -1.95. The Kier molecular flexibility index (Phi) is 5.77. The monoisotopic (exact) mass is 435 g/mol. The van der Waals surface area contributed by atoms with Gasteiger partial charge < -0.3 is 14.9 Å². The highest BCUT2D eigenvalue weighted by atomic mass is 19.4. The third-order valence-corrected chi connectivity index (χ3v) is 4.55. The van der Waals surface area contributed by atoms with Crippen LogP contribution in [-0.2, 0) is 23.4 Å². The molecule has 2 atom stereocenters. The SMILES string of the molecule is NC1=N[C@](CF)(c2cc(CC(=O)c3coc(CF)n3)ccc2F)C[C@@H](C(F)(F)F)O1. The van der Waals surface area contributed by atoms with Crippen LogP contribution < -0.4 is 5.73 Å². The molecule has 1 aromatic carbocycles. The normalized spacial score (nSPS) is 21.8. The number of benzene rings is 1. The summed E-state index contributed by atoms with van der Waals surface area (Å²) >= 11 is 0. The van der Waals surface area contributed by atoms with Crippen LogP contribution in [0.3, 0.4) is 0 Å². The van der Waals surface area contributed by atoms with Crippen LogP contribution in [0.25, 0.3) is 0 Å². The highest BCUT2D eigenvalue weighted by Crippen LogP contribution is 2.41. The summed E-state index contributed by atoms with van der Waals surface area (Å²) in [4.78, 5) is 19.5. The molecule has 6 nitrogen and oxygen atoms in total. The van der Waals surface area contributed by atoms with Crippen molar-refractivity contribution in [3.63, 3.8) is 0 Å². The average molecular weight is 435 g/mol. The van der Waals surface area contributed by atoms with Gasteiger partial charge in [-0.25, -0.2) is 23.1 Å². The van der Waals surface area contributed by atoms with Crippen LogP contribution >= 0.6 is 0 Å². The molecule has 0 spiro atoms. The van der Waals surface area contributed by atoms with Crippen molar-refractivity contribution in [2.75, 3.05) is 6.67 Å². The molecule has 2 heterocycles. The van der Waals surface area contributed by atoms with E-state index in [0.717, 1.165) is 18.4 Å². The van der Waals surface area contributed by atoms with Crippen LogP contribution in [0, 0.1) is 5.82 Å². The second kappa shape index (κ2) is 8.00. The highest BCUT2D eigenvalue weighted by Gasteiger charge is 2.52. The quantitative estimate of drug-likeness (QED) is 0.554. The Morgan fingerprint density at radius 2 is 2.03 bits per heavy atom. The number of oxazole rings is 1. The summed E-state index contributed by atoms with van der Waals surface area (Å²) in [6.07, 6.45) is -7.82. The fourth-order valence-electron chi connectivity index (χ4n) is 3.10. The molecule has 0 radical (unpaired) electrons. The zero-order valence-electron chi connectivity index (χ0n) is 15.2. The van der Waals surface area contributed by atoms with Crippen molar-refractivity contribution >= 4 is 11.8 Å². The number of hydrogen-bond donors (Lipinski definition) is 1. The molecule has 12 heteroatoms. The Balaban J connectivity index is 1.95. The van der Waals surface area contributed by atoms with Crippen molar-refractivity contribution in [3.8, 4) is 0 Å². The predicted octanol–water partition coefficient (Wildman–Crippen LogP) is 3.54. The summed E-state index contributed by atoms with van der Waals surface area (Å²) < 4.78 is 89.6. The third-order valence-electron chi connectivity index (χ3n) is 4.55. The number of carbonyl (C=O) groups excluding carboxylic acids is 1. The molecule has 0 fully saturated rings. The van der Waals surface area contributed by atoms with Gasteiger partial charge in [-0.3, -0.25) is 4.79 Å². The van der Waals surface area contributed by atoms with Crippen molar-refractivity contribution in [1.82, 2.24) is 4.98 Å². The van der Waals surface area contributed by atoms with E-state index < -0.39 is 60.8 Å². The van der Waals surface area contributed by atoms with Gasteiger partial charge in [0.2, 0.25) is 5.89 Å². The van der Waals surface area contributed by atoms with Crippen LogP contribution in [0.15, 0.2) is 33.9 Å². The molecule has 2 aromatic rings. The van der Waals surface area contributed by atoms with E-state index in [1.165, 1.54) is 6.07 Å². The van der Waals surface area contributed by atoms with E-state index in [2.05, 4.69) is 14.7 Å². The fourth-order valence-corrected chi connectivity index (χ4v) is 3.10. The lowest BCUT2D eigenvalue weighted by atomic mass is 9.83. The second-order valence-corrected chi connectivity index (χ2v) is 6.64. The first-order chi connectivity index (χ1) is 14.1. The van der Waals surface area contributed by atoms with Gasteiger partial charge in [0.05, 0.1) is 0 Å². The number of ether oxygens (including phenoxy) is 1. The van der Waals surface area contributed by atoms with Crippen LogP contribution in [-0.4, -0.2) is 35.7 Å². The van der Waals surface area contributed by atoms with E-state index in [9.17, 15) is 31.1 Å². The fraction of sp³-hybridized carbons (Fsp3) is 0.389. The molecule has 0 bridgehead atoms. The summed E-state index contributed by atoms with van der Waals surface area (Å²) in [5.41, 5.74) is 2.50. The van der Waals surface area contributed by atoms with Crippen LogP contribution in [0.4, 0.5) is 26.3 Å². The van der Waals surface area contributed by atoms with E-state index in [1.807, 2.05) is 0 Å². The first kappa shape index (κ1) is 21.7. The number of hydrogen-bond acceptors (Lipinski definition) is 6. The second-order valence-electron chi connectivity index (χ2n) is 6.64. The van der Waals surface area contributed by atoms with E-state index in [1.54, 1.807) is 0 Å². The zero-order valence-corrected chi connectivity index (χ0v) is 15.2. The number of carbonyl (C=O) groups is 1. The van der Waals surface area contributed by atoms with Gasteiger partial charge in [-0.15, -0.1) is 0 Å². The third kappa shape index (κ3) is 4.26. The molecule has 2 N–H and O–H groups in total. The van der Waals surface area contributed by atoms with Crippen molar-refractivity contribution in [1.29, 1.82) is 0 Å². The maximum atomic E-state index is 14.5. The lowest BCUT2D eigenvalue weighted by molar-refractivity contribution is -0.209. The standard InChI is InChI=1S/C18H15F6N3O3/c19-6-15-26-12(7-29-15)13(28)4-9-1-2-11(21)10(3-9)17(8-20)5-14(18(22,23)24)30-16(25)27-17/h1-3,7,14H,4-6,8H2,(H2,25,27)/t14-,17+/m0/s1. The summed E-state index contributed by atoms with van der Waals surface area (Å²) in [5, 5.41) is 0. The number of rotatable bonds is 6. The number of amidine groups is 1. The largest absolute Gasteiger partial charge is 0.452 e. The van der Waals surface area contributed by atoms with E-state index in [-0.39, 0.29) is 23.6 Å². The maximum absolute atomic E-state index is 14.5. The van der Waals surface area contributed by atoms with Crippen molar-refractivity contribution in [2.45, 2.75) is 37.3 Å². The molecule has 162 valence electrons. The minimum Gasteiger partial charge on any atom is -0.452 e. The molecule has 1 aromatic heterocycles. The predicted molar refractivity (Wildman–Crippen MR) is 90.6 cm³/mol. The molecule has 1 aliphatic rings. The number of aliphatic imine (C=N–C) groups is 1. The first-order valence-corrected chi connectivity index (χ1v) is 8.55. The van der Waals surface area contributed by atoms with Gasteiger partial charge >= 0.3 is 6.18 Å². The van der Waals surface area contributed by atoms with E-state index in [4.69, 9.17) is 10.2 Å². The number of nitrogens with zero attached hydrogens (tertiary/aromatic N) is 2. The average Bonchev–Trinajstić information content (AvgIpc) is 3.17. The minimum absolute atomic E-state index is 0.151. The van der Waals surface area contributed by atoms with Crippen LogP contribution in [0.2, 0.25) is 0 Å². The Bertz CT molecular complexity index is 974. The van der Waals surface area contributed by atoms with E-state index in [0.29, 0.717) is 0 Å². The minimum atomic E-state index is -4.88. The molecule has 0 saturated carbocycles. The lowest BCUT2D eigenvalue weighted by Gasteiger charge is -2.36. The van der Waals surface area contributed by atoms with Gasteiger partial charge in [0.15, 0.2) is 18.6 Å². The molecule has 30 heavy (non-hydrogen) atoms. The lowest BCUT2D eigenvalue weighted by Crippen LogP contribution is -2.48. The van der Waals surface area contributed by atoms with Crippen molar-refractivity contribution in [2.24, 2.45) is 10.7 Å². The Hall–Kier alpha value is -3.05. The van der Waals surface area contributed by atoms with Crippen molar-refractivity contribution < 1.29 is 40.3 Å². The van der Waals surface area contributed by atoms with E-state index >= 15 is 0 Å². The Morgan fingerprint density at radius 1 is 1.30 bits per heavy atom. The Labute approximate surface area is 165 Å². The first-order valence-electron chi connectivity index (χ1n) is 8.55. The number of nitrogens with two attached hydrogens (primary N) is 1. The zero-order chi connectivity index (χ0) is 22.1. The highest BCUT2D eigenvalue weighted by molar-refractivity contribution is 5.95. The molecule has 0 aliphatic carbocycles. The molecular weight excluding hydrogens is 420 g/mol. The molecule has 0 amide bonds. The van der Waals surface area contributed by atoms with Gasteiger partial charge in [-0.1, -0.05) is 6.07 Å². The number of aromatic nitrogens is 1. The van der Waals surface area contributed by atoms with Gasteiger partial charge in [0.1, 0.15) is 30.0 Å². The summed E-state index contributed by atoms with van der Waals surface area (Å²) in [7, 11) is 0. The topological polar surface area (TPSA) is 90.7 Å². The van der Waals surface area contributed by atoms with Crippen LogP contribution in [0.1, 0.15) is 33.9 Å². The number of Topliss-reactive ketones (excluding diaryl/α,β-unsaturated/α-hetero) is 1. The van der Waals surface area contributed by atoms with Crippen molar-refractivity contribution in [3.05, 3.63) is 53.0 Å². The van der Waals surface area contributed by atoms with Gasteiger partial charge in [0, 0.05) is 18.4 Å². The smallest absolute Gasteiger partial charge is 0.425 e. The van der Waals surface area contributed by atoms with Gasteiger partial charge in [0.25, 0.3) is 6.02 Å². The summed E-state index contributed by atoms with van der Waals surface area (Å²) in [6.45, 7) is -2.50. The number of halogens is 6. The summed E-state index contributed by atoms with van der Waals surface area (Å²) in [6, 6.07) is 2.20. The molecular formula is C18H15F6N3O3. The van der Waals surface area contributed by atoms with Gasteiger partial charge in [-0.05, 0) is 17.7 Å². The molecule has 3 rings (SSSR count). The number of alkyl halides is 5. The number of ketones is 1. The van der Waals surface area contributed by atoms with Gasteiger partial charge in [-0.2, -0.15) is 13.2 Å². The molecule has 1 aliphatic heterocycles. The molecule has 0 unspecified atom stereocenters. The molecule has 0 saturated heterocycles. The maximum Gasteiger partial charge on any atom is 0.425 e.